The van der Waals surface area contributed by atoms with Gasteiger partial charge in [0.2, 0.25) is 5.91 Å². The molecule has 1 atom stereocenters. The Morgan fingerprint density at radius 3 is 2.67 bits per heavy atom. The summed E-state index contributed by atoms with van der Waals surface area (Å²) in [4.78, 5) is 14.7. The van der Waals surface area contributed by atoms with Gasteiger partial charge in [0.1, 0.15) is 12.4 Å². The summed E-state index contributed by atoms with van der Waals surface area (Å²) in [7, 11) is 0. The molecule has 1 aliphatic rings. The normalized spacial score (nSPS) is 16.1. The SMILES string of the molecule is Cc1ccnn1C[C@H](C)C(=O)Nc1ccc(OCCN2CCOCC2)cc1. The maximum absolute atomic E-state index is 12.4. The van der Waals surface area contributed by atoms with Crippen LogP contribution < -0.4 is 10.1 Å². The zero-order valence-corrected chi connectivity index (χ0v) is 16.1. The van der Waals surface area contributed by atoms with Gasteiger partial charge < -0.3 is 14.8 Å². The lowest BCUT2D eigenvalue weighted by Gasteiger charge is -2.26. The Balaban J connectivity index is 1.42. The predicted molar refractivity (Wildman–Crippen MR) is 104 cm³/mol. The van der Waals surface area contributed by atoms with Crippen molar-refractivity contribution in [3.8, 4) is 5.75 Å². The second kappa shape index (κ2) is 9.53. The number of carbonyl (C=O) groups is 1. The number of ether oxygens (including phenoxy) is 2. The molecule has 1 saturated heterocycles. The number of aromatic nitrogens is 2. The first kappa shape index (κ1) is 19.4. The van der Waals surface area contributed by atoms with Gasteiger partial charge in [-0.25, -0.2) is 0 Å². The van der Waals surface area contributed by atoms with Crippen LogP contribution in [0.5, 0.6) is 5.75 Å². The zero-order chi connectivity index (χ0) is 19.1. The molecule has 1 aliphatic heterocycles. The van der Waals surface area contributed by atoms with E-state index in [0.29, 0.717) is 13.2 Å². The second-order valence-electron chi connectivity index (χ2n) is 6.87. The number of nitrogens with zero attached hydrogens (tertiary/aromatic N) is 3. The number of carbonyl (C=O) groups excluding carboxylic acids is 1. The van der Waals surface area contributed by atoms with Gasteiger partial charge in [0.05, 0.1) is 25.7 Å². The highest BCUT2D eigenvalue weighted by Crippen LogP contribution is 2.17. The molecule has 0 aliphatic carbocycles. The second-order valence-corrected chi connectivity index (χ2v) is 6.87. The first-order chi connectivity index (χ1) is 13.1. The lowest BCUT2D eigenvalue weighted by molar-refractivity contribution is -0.119. The third-order valence-corrected chi connectivity index (χ3v) is 4.73. The van der Waals surface area contributed by atoms with Crippen LogP contribution in [0.3, 0.4) is 0 Å². The van der Waals surface area contributed by atoms with Crippen LogP contribution in [0, 0.1) is 12.8 Å². The highest BCUT2D eigenvalue weighted by atomic mass is 16.5. The van der Waals surface area contributed by atoms with E-state index in [9.17, 15) is 4.79 Å². The van der Waals surface area contributed by atoms with Crippen LogP contribution in [0.4, 0.5) is 5.69 Å². The molecule has 146 valence electrons. The van der Waals surface area contributed by atoms with Crippen LogP contribution in [0.2, 0.25) is 0 Å². The highest BCUT2D eigenvalue weighted by Gasteiger charge is 2.15. The molecular formula is C20H28N4O3. The summed E-state index contributed by atoms with van der Waals surface area (Å²) in [6.07, 6.45) is 1.75. The molecule has 1 N–H and O–H groups in total. The van der Waals surface area contributed by atoms with E-state index >= 15 is 0 Å². The lowest BCUT2D eigenvalue weighted by Crippen LogP contribution is -2.38. The molecular weight excluding hydrogens is 344 g/mol. The van der Waals surface area contributed by atoms with Gasteiger partial charge in [-0.1, -0.05) is 6.92 Å². The van der Waals surface area contributed by atoms with Crippen molar-refractivity contribution in [1.29, 1.82) is 0 Å². The summed E-state index contributed by atoms with van der Waals surface area (Å²) < 4.78 is 13.0. The van der Waals surface area contributed by atoms with Gasteiger partial charge in [0.15, 0.2) is 0 Å². The van der Waals surface area contributed by atoms with Crippen LogP contribution in [-0.4, -0.2) is 60.0 Å². The van der Waals surface area contributed by atoms with Gasteiger partial charge in [0, 0.05) is 37.2 Å². The van der Waals surface area contributed by atoms with Crippen molar-refractivity contribution in [2.45, 2.75) is 20.4 Å². The number of nitrogens with one attached hydrogen (secondary N) is 1. The monoisotopic (exact) mass is 372 g/mol. The van der Waals surface area contributed by atoms with Gasteiger partial charge in [-0.15, -0.1) is 0 Å². The largest absolute Gasteiger partial charge is 0.492 e. The molecule has 2 aromatic rings. The Bertz CT molecular complexity index is 723. The molecule has 1 fully saturated rings. The lowest BCUT2D eigenvalue weighted by atomic mass is 10.1. The smallest absolute Gasteiger partial charge is 0.229 e. The molecule has 0 bridgehead atoms. The first-order valence-corrected chi connectivity index (χ1v) is 9.44. The van der Waals surface area contributed by atoms with E-state index < -0.39 is 0 Å². The number of morpholine rings is 1. The van der Waals surface area contributed by atoms with Crippen LogP contribution in [-0.2, 0) is 16.1 Å². The van der Waals surface area contributed by atoms with Crippen molar-refractivity contribution < 1.29 is 14.3 Å². The maximum Gasteiger partial charge on any atom is 0.229 e. The van der Waals surface area contributed by atoms with Gasteiger partial charge in [-0.3, -0.25) is 14.4 Å². The Hall–Kier alpha value is -2.38. The Kier molecular flexibility index (Phi) is 6.84. The molecule has 0 spiro atoms. The van der Waals surface area contributed by atoms with Crippen LogP contribution in [0.1, 0.15) is 12.6 Å². The molecule has 2 heterocycles. The average Bonchev–Trinajstić information content (AvgIpc) is 3.08. The van der Waals surface area contributed by atoms with E-state index in [4.69, 9.17) is 9.47 Å². The maximum atomic E-state index is 12.4. The molecule has 1 aromatic carbocycles. The van der Waals surface area contributed by atoms with Gasteiger partial charge in [-0.05, 0) is 37.3 Å². The van der Waals surface area contributed by atoms with Crippen molar-refractivity contribution in [2.24, 2.45) is 5.92 Å². The predicted octanol–water partition coefficient (Wildman–Crippen LogP) is 2.18. The van der Waals surface area contributed by atoms with Crippen molar-refractivity contribution in [2.75, 3.05) is 44.8 Å². The molecule has 0 radical (unpaired) electrons. The summed E-state index contributed by atoms with van der Waals surface area (Å²) in [5.41, 5.74) is 1.82. The van der Waals surface area contributed by atoms with Gasteiger partial charge in [0.25, 0.3) is 0 Å². The average molecular weight is 372 g/mol. The molecule has 7 heteroatoms. The fourth-order valence-corrected chi connectivity index (χ4v) is 2.95. The molecule has 0 unspecified atom stereocenters. The first-order valence-electron chi connectivity index (χ1n) is 9.44. The molecule has 3 rings (SSSR count). The Morgan fingerprint density at radius 2 is 2.00 bits per heavy atom. The zero-order valence-electron chi connectivity index (χ0n) is 16.1. The molecule has 7 nitrogen and oxygen atoms in total. The fraction of sp³-hybridized carbons (Fsp3) is 0.500. The summed E-state index contributed by atoms with van der Waals surface area (Å²) >= 11 is 0. The van der Waals surface area contributed by atoms with Gasteiger partial charge in [-0.2, -0.15) is 5.10 Å². The third kappa shape index (κ3) is 5.80. The topological polar surface area (TPSA) is 68.6 Å². The molecule has 1 aromatic heterocycles. The number of aryl methyl sites for hydroxylation is 1. The van der Waals surface area contributed by atoms with Crippen molar-refractivity contribution in [3.63, 3.8) is 0 Å². The minimum Gasteiger partial charge on any atom is -0.492 e. The van der Waals surface area contributed by atoms with Crippen molar-refractivity contribution in [1.82, 2.24) is 14.7 Å². The minimum absolute atomic E-state index is 0.0223. The summed E-state index contributed by atoms with van der Waals surface area (Å²) in [6, 6.07) is 9.44. The Morgan fingerprint density at radius 1 is 1.26 bits per heavy atom. The van der Waals surface area contributed by atoms with E-state index in [1.165, 1.54) is 0 Å². The van der Waals surface area contributed by atoms with E-state index in [2.05, 4.69) is 15.3 Å². The molecule has 1 amide bonds. The summed E-state index contributed by atoms with van der Waals surface area (Å²) in [5, 5.41) is 7.18. The number of anilines is 1. The fourth-order valence-electron chi connectivity index (χ4n) is 2.95. The quantitative estimate of drug-likeness (QED) is 0.769. The van der Waals surface area contributed by atoms with E-state index in [-0.39, 0.29) is 11.8 Å². The van der Waals surface area contributed by atoms with E-state index in [1.54, 1.807) is 6.20 Å². The third-order valence-electron chi connectivity index (χ3n) is 4.73. The van der Waals surface area contributed by atoms with Crippen LogP contribution in [0.15, 0.2) is 36.5 Å². The van der Waals surface area contributed by atoms with Crippen molar-refractivity contribution in [3.05, 3.63) is 42.2 Å². The summed E-state index contributed by atoms with van der Waals surface area (Å²) in [6.45, 7) is 9.51. The van der Waals surface area contributed by atoms with Crippen molar-refractivity contribution >= 4 is 11.6 Å². The van der Waals surface area contributed by atoms with E-state index in [0.717, 1.165) is 50.0 Å². The molecule has 27 heavy (non-hydrogen) atoms. The van der Waals surface area contributed by atoms with Crippen LogP contribution in [0.25, 0.3) is 0 Å². The Labute approximate surface area is 160 Å². The minimum atomic E-state index is -0.173. The standard InChI is InChI=1S/C20H28N4O3/c1-16(15-24-17(2)7-8-21-24)20(25)22-18-3-5-19(6-4-18)27-14-11-23-9-12-26-13-10-23/h3-8,16H,9-15H2,1-2H3,(H,22,25)/t16-/m0/s1. The number of amides is 1. The number of benzene rings is 1. The summed E-state index contributed by atoms with van der Waals surface area (Å²) in [5.74, 6) is 0.611. The highest BCUT2D eigenvalue weighted by molar-refractivity contribution is 5.92. The number of hydrogen-bond acceptors (Lipinski definition) is 5. The number of hydrogen-bond donors (Lipinski definition) is 1. The van der Waals surface area contributed by atoms with E-state index in [1.807, 2.05) is 48.9 Å². The van der Waals surface area contributed by atoms with Gasteiger partial charge >= 0.3 is 0 Å². The molecule has 0 saturated carbocycles. The van der Waals surface area contributed by atoms with Crippen LogP contribution >= 0.6 is 0 Å². The number of rotatable bonds is 8.